The smallest absolute Gasteiger partial charge is 0.244 e. The number of rotatable bonds is 6. The molecule has 2 amide bonds. The Hall–Kier alpha value is -2.18. The molecule has 26 heavy (non-hydrogen) atoms. The molecule has 2 aromatic heterocycles. The maximum Gasteiger partial charge on any atom is 0.244 e. The molecule has 136 valence electrons. The fourth-order valence-corrected chi connectivity index (χ4v) is 4.26. The van der Waals surface area contributed by atoms with Crippen molar-refractivity contribution in [3.05, 3.63) is 56.9 Å². The average Bonchev–Trinajstić information content (AvgIpc) is 3.34. The second-order valence-electron chi connectivity index (χ2n) is 6.21. The molecular formula is C20H22N2O2S2. The molecule has 6 heteroatoms. The lowest BCUT2D eigenvalue weighted by atomic mass is 9.90. The topological polar surface area (TPSA) is 58.2 Å². The van der Waals surface area contributed by atoms with Gasteiger partial charge < -0.3 is 10.6 Å². The Balaban J connectivity index is 1.53. The maximum atomic E-state index is 12.2. The first-order valence-corrected chi connectivity index (χ1v) is 10.5. The minimum Gasteiger partial charge on any atom is -0.348 e. The Morgan fingerprint density at radius 1 is 0.846 bits per heavy atom. The molecule has 1 fully saturated rings. The molecule has 1 aliphatic rings. The lowest BCUT2D eigenvalue weighted by Gasteiger charge is -2.32. The summed E-state index contributed by atoms with van der Waals surface area (Å²) in [5, 5.41) is 10.1. The fraction of sp³-hybridized carbons (Fsp3) is 0.300. The average molecular weight is 387 g/mol. The first-order chi connectivity index (χ1) is 12.7. The molecular weight excluding hydrogens is 364 g/mol. The molecule has 2 atom stereocenters. The van der Waals surface area contributed by atoms with E-state index in [-0.39, 0.29) is 23.9 Å². The second-order valence-corrected chi connectivity index (χ2v) is 8.17. The lowest BCUT2D eigenvalue weighted by molar-refractivity contribution is -0.120. The van der Waals surface area contributed by atoms with Gasteiger partial charge in [-0.2, -0.15) is 0 Å². The van der Waals surface area contributed by atoms with Gasteiger partial charge in [0.1, 0.15) is 0 Å². The van der Waals surface area contributed by atoms with Crippen molar-refractivity contribution in [2.45, 2.75) is 37.8 Å². The predicted molar refractivity (Wildman–Crippen MR) is 109 cm³/mol. The Morgan fingerprint density at radius 3 is 1.69 bits per heavy atom. The molecule has 0 bridgehead atoms. The summed E-state index contributed by atoms with van der Waals surface area (Å²) >= 11 is 3.19. The summed E-state index contributed by atoms with van der Waals surface area (Å²) in [6, 6.07) is 7.81. The van der Waals surface area contributed by atoms with E-state index in [2.05, 4.69) is 10.6 Å². The number of hydrogen-bond acceptors (Lipinski definition) is 4. The fourth-order valence-electron chi connectivity index (χ4n) is 3.03. The van der Waals surface area contributed by atoms with E-state index >= 15 is 0 Å². The van der Waals surface area contributed by atoms with E-state index in [1.807, 2.05) is 47.2 Å². The van der Waals surface area contributed by atoms with Crippen LogP contribution in [0.25, 0.3) is 12.2 Å². The van der Waals surface area contributed by atoms with Crippen LogP contribution in [0.1, 0.15) is 35.4 Å². The molecule has 0 saturated heterocycles. The van der Waals surface area contributed by atoms with Crippen LogP contribution in [0.5, 0.6) is 0 Å². The van der Waals surface area contributed by atoms with Gasteiger partial charge in [-0.05, 0) is 47.9 Å². The summed E-state index contributed by atoms with van der Waals surface area (Å²) in [7, 11) is 0. The third kappa shape index (κ3) is 5.68. The standard InChI is InChI=1S/C20H22N2O2S2/c23-19(11-9-15-5-3-13-25-15)21-17-7-1-2-8-18(17)22-20(24)12-10-16-6-4-14-26-16/h3-6,9-14,17-18H,1-2,7-8H2,(H,21,23)(H,22,24). The molecule has 0 aliphatic heterocycles. The van der Waals surface area contributed by atoms with Crippen LogP contribution in [0.4, 0.5) is 0 Å². The van der Waals surface area contributed by atoms with Crippen molar-refractivity contribution in [2.24, 2.45) is 0 Å². The molecule has 4 nitrogen and oxygen atoms in total. The summed E-state index contributed by atoms with van der Waals surface area (Å²) in [5.41, 5.74) is 0. The highest BCUT2D eigenvalue weighted by molar-refractivity contribution is 7.11. The van der Waals surface area contributed by atoms with Gasteiger partial charge in [0.05, 0.1) is 0 Å². The van der Waals surface area contributed by atoms with Crippen LogP contribution in [0.2, 0.25) is 0 Å². The third-order valence-corrected chi connectivity index (χ3v) is 5.98. The summed E-state index contributed by atoms with van der Waals surface area (Å²) < 4.78 is 0. The number of hydrogen-bond donors (Lipinski definition) is 2. The van der Waals surface area contributed by atoms with Crippen LogP contribution < -0.4 is 10.6 Å². The molecule has 2 N–H and O–H groups in total. The van der Waals surface area contributed by atoms with Crippen LogP contribution in [0.3, 0.4) is 0 Å². The summed E-state index contributed by atoms with van der Waals surface area (Å²) in [5.74, 6) is -0.225. The van der Waals surface area contributed by atoms with E-state index in [4.69, 9.17) is 0 Å². The van der Waals surface area contributed by atoms with Gasteiger partial charge in [0.2, 0.25) is 11.8 Å². The van der Waals surface area contributed by atoms with Crippen molar-refractivity contribution in [3.8, 4) is 0 Å². The van der Waals surface area contributed by atoms with Crippen molar-refractivity contribution >= 4 is 46.6 Å². The molecule has 0 radical (unpaired) electrons. The molecule has 3 rings (SSSR count). The van der Waals surface area contributed by atoms with Gasteiger partial charge in [0.15, 0.2) is 0 Å². The SMILES string of the molecule is O=C(C=Cc1cccs1)NC1CCCCC1NC(=O)C=Cc1cccs1. The molecule has 2 unspecified atom stereocenters. The van der Waals surface area contributed by atoms with Crippen molar-refractivity contribution < 1.29 is 9.59 Å². The number of carbonyl (C=O) groups is 2. The Morgan fingerprint density at radius 2 is 1.31 bits per heavy atom. The van der Waals surface area contributed by atoms with Gasteiger partial charge in [0.25, 0.3) is 0 Å². The number of amides is 2. The van der Waals surface area contributed by atoms with Gasteiger partial charge in [0, 0.05) is 34.0 Å². The second kappa shape index (κ2) is 9.50. The Bertz CT molecular complexity index is 698. The summed E-state index contributed by atoms with van der Waals surface area (Å²) in [6.07, 6.45) is 10.7. The highest BCUT2D eigenvalue weighted by Crippen LogP contribution is 2.19. The third-order valence-electron chi connectivity index (χ3n) is 4.31. The number of nitrogens with one attached hydrogen (secondary N) is 2. The molecule has 0 aromatic carbocycles. The summed E-state index contributed by atoms with van der Waals surface area (Å²) in [4.78, 5) is 26.5. The van der Waals surface area contributed by atoms with Crippen LogP contribution in [0, 0.1) is 0 Å². The first-order valence-electron chi connectivity index (χ1n) is 8.75. The predicted octanol–water partition coefficient (Wildman–Crippen LogP) is 4.08. The van der Waals surface area contributed by atoms with E-state index in [0.717, 1.165) is 35.4 Å². The largest absolute Gasteiger partial charge is 0.348 e. The van der Waals surface area contributed by atoms with Gasteiger partial charge in [-0.15, -0.1) is 22.7 Å². The summed E-state index contributed by atoms with van der Waals surface area (Å²) in [6.45, 7) is 0. The molecule has 2 heterocycles. The van der Waals surface area contributed by atoms with E-state index in [0.29, 0.717) is 0 Å². The zero-order valence-corrected chi connectivity index (χ0v) is 16.0. The monoisotopic (exact) mass is 386 g/mol. The minimum atomic E-state index is -0.112. The zero-order valence-electron chi connectivity index (χ0n) is 14.4. The van der Waals surface area contributed by atoms with Crippen molar-refractivity contribution in [3.63, 3.8) is 0 Å². The number of thiophene rings is 2. The molecule has 1 aliphatic carbocycles. The van der Waals surface area contributed by atoms with Crippen LogP contribution >= 0.6 is 22.7 Å². The maximum absolute atomic E-state index is 12.2. The quantitative estimate of drug-likeness (QED) is 0.735. The highest BCUT2D eigenvalue weighted by atomic mass is 32.1. The van der Waals surface area contributed by atoms with E-state index in [1.165, 1.54) is 0 Å². The van der Waals surface area contributed by atoms with Crippen molar-refractivity contribution in [1.29, 1.82) is 0 Å². The van der Waals surface area contributed by atoms with Crippen LogP contribution in [0.15, 0.2) is 47.2 Å². The molecule has 1 saturated carbocycles. The van der Waals surface area contributed by atoms with E-state index in [9.17, 15) is 9.59 Å². The normalized spacial score (nSPS) is 20.5. The zero-order chi connectivity index (χ0) is 18.2. The van der Waals surface area contributed by atoms with Crippen molar-refractivity contribution in [2.75, 3.05) is 0 Å². The molecule has 0 spiro atoms. The lowest BCUT2D eigenvalue weighted by Crippen LogP contribution is -2.52. The van der Waals surface area contributed by atoms with Crippen molar-refractivity contribution in [1.82, 2.24) is 10.6 Å². The Kier molecular flexibility index (Phi) is 6.80. The number of carbonyl (C=O) groups excluding carboxylic acids is 2. The van der Waals surface area contributed by atoms with Gasteiger partial charge in [-0.25, -0.2) is 0 Å². The van der Waals surface area contributed by atoms with E-state index < -0.39 is 0 Å². The molecule has 2 aromatic rings. The Labute approximate surface area is 161 Å². The first kappa shape index (κ1) is 18.6. The van der Waals surface area contributed by atoms with Gasteiger partial charge in [-0.3, -0.25) is 9.59 Å². The highest BCUT2D eigenvalue weighted by Gasteiger charge is 2.26. The van der Waals surface area contributed by atoms with Crippen LogP contribution in [-0.4, -0.2) is 23.9 Å². The van der Waals surface area contributed by atoms with Gasteiger partial charge in [-0.1, -0.05) is 25.0 Å². The van der Waals surface area contributed by atoms with Crippen LogP contribution in [-0.2, 0) is 9.59 Å². The van der Waals surface area contributed by atoms with E-state index in [1.54, 1.807) is 34.8 Å². The van der Waals surface area contributed by atoms with Gasteiger partial charge >= 0.3 is 0 Å². The minimum absolute atomic E-state index is 0.0247.